The Labute approximate surface area is 143 Å². The SMILES string of the molecule is O=C1CCc2ccccc2N1CCC(=O)N1C2CCNCC1CC2. The van der Waals surface area contributed by atoms with Crippen LogP contribution in [0.25, 0.3) is 0 Å². The van der Waals surface area contributed by atoms with Gasteiger partial charge in [-0.15, -0.1) is 0 Å². The highest BCUT2D eigenvalue weighted by atomic mass is 16.2. The molecule has 24 heavy (non-hydrogen) atoms. The van der Waals surface area contributed by atoms with Gasteiger partial charge in [-0.25, -0.2) is 0 Å². The van der Waals surface area contributed by atoms with Gasteiger partial charge in [-0.2, -0.15) is 0 Å². The van der Waals surface area contributed by atoms with Crippen LogP contribution in [0.3, 0.4) is 0 Å². The zero-order chi connectivity index (χ0) is 16.5. The minimum atomic E-state index is 0.141. The summed E-state index contributed by atoms with van der Waals surface area (Å²) >= 11 is 0. The molecule has 2 fully saturated rings. The third-order valence-corrected chi connectivity index (χ3v) is 5.68. The van der Waals surface area contributed by atoms with Gasteiger partial charge in [-0.05, 0) is 43.9 Å². The van der Waals surface area contributed by atoms with Gasteiger partial charge in [0.05, 0.1) is 0 Å². The lowest BCUT2D eigenvalue weighted by molar-refractivity contribution is -0.133. The van der Waals surface area contributed by atoms with E-state index >= 15 is 0 Å². The maximum absolute atomic E-state index is 12.8. The second kappa shape index (κ2) is 6.55. The molecular weight excluding hydrogens is 302 g/mol. The van der Waals surface area contributed by atoms with Crippen molar-refractivity contribution in [3.05, 3.63) is 29.8 Å². The second-order valence-corrected chi connectivity index (χ2v) is 7.10. The number of nitrogens with zero attached hydrogens (tertiary/aromatic N) is 2. The van der Waals surface area contributed by atoms with Gasteiger partial charge < -0.3 is 15.1 Å². The summed E-state index contributed by atoms with van der Waals surface area (Å²) in [4.78, 5) is 29.1. The number of rotatable bonds is 3. The van der Waals surface area contributed by atoms with Crippen LogP contribution in [0.15, 0.2) is 24.3 Å². The van der Waals surface area contributed by atoms with Crippen LogP contribution in [0.4, 0.5) is 5.69 Å². The van der Waals surface area contributed by atoms with E-state index < -0.39 is 0 Å². The molecule has 2 amide bonds. The summed E-state index contributed by atoms with van der Waals surface area (Å²) in [7, 11) is 0. The van der Waals surface area contributed by atoms with Gasteiger partial charge in [0.25, 0.3) is 0 Å². The van der Waals surface area contributed by atoms with Gasteiger partial charge in [-0.3, -0.25) is 9.59 Å². The van der Waals surface area contributed by atoms with Crippen LogP contribution in [0.1, 0.15) is 37.7 Å². The summed E-state index contributed by atoms with van der Waals surface area (Å²) in [6, 6.07) is 8.79. The molecule has 0 saturated carbocycles. The number of hydrogen-bond donors (Lipinski definition) is 1. The van der Waals surface area contributed by atoms with Crippen LogP contribution >= 0.6 is 0 Å². The number of benzene rings is 1. The molecule has 4 rings (SSSR count). The first-order chi connectivity index (χ1) is 11.7. The Morgan fingerprint density at radius 3 is 2.88 bits per heavy atom. The van der Waals surface area contributed by atoms with Crippen LogP contribution in [0.2, 0.25) is 0 Å². The highest BCUT2D eigenvalue weighted by Gasteiger charge is 2.38. The van der Waals surface area contributed by atoms with Crippen molar-refractivity contribution in [3.8, 4) is 0 Å². The van der Waals surface area contributed by atoms with Crippen LogP contribution in [0.5, 0.6) is 0 Å². The Kier molecular flexibility index (Phi) is 4.27. The molecule has 0 aromatic heterocycles. The van der Waals surface area contributed by atoms with Crippen molar-refractivity contribution in [3.63, 3.8) is 0 Å². The Balaban J connectivity index is 1.45. The molecule has 0 radical (unpaired) electrons. The smallest absolute Gasteiger partial charge is 0.227 e. The predicted molar refractivity (Wildman–Crippen MR) is 92.9 cm³/mol. The van der Waals surface area contributed by atoms with Crippen molar-refractivity contribution in [2.45, 2.75) is 50.6 Å². The Bertz CT molecular complexity index is 631. The number of anilines is 1. The van der Waals surface area contributed by atoms with E-state index in [1.807, 2.05) is 23.1 Å². The first kappa shape index (κ1) is 15.6. The van der Waals surface area contributed by atoms with Gasteiger partial charge in [0.1, 0.15) is 0 Å². The van der Waals surface area contributed by atoms with Crippen LogP contribution < -0.4 is 10.2 Å². The van der Waals surface area contributed by atoms with E-state index in [0.29, 0.717) is 31.5 Å². The van der Waals surface area contributed by atoms with E-state index in [-0.39, 0.29) is 11.8 Å². The fourth-order valence-electron chi connectivity index (χ4n) is 4.47. The van der Waals surface area contributed by atoms with Crippen molar-refractivity contribution >= 4 is 17.5 Å². The third kappa shape index (κ3) is 2.81. The van der Waals surface area contributed by atoms with Crippen molar-refractivity contribution in [1.29, 1.82) is 0 Å². The first-order valence-electron chi connectivity index (χ1n) is 9.14. The van der Waals surface area contributed by atoms with Crippen molar-refractivity contribution in [2.75, 3.05) is 24.5 Å². The zero-order valence-electron chi connectivity index (χ0n) is 14.0. The van der Waals surface area contributed by atoms with E-state index in [0.717, 1.165) is 44.5 Å². The topological polar surface area (TPSA) is 52.7 Å². The predicted octanol–water partition coefficient (Wildman–Crippen LogP) is 1.71. The molecule has 1 aromatic carbocycles. The fraction of sp³-hybridized carbons (Fsp3) is 0.579. The van der Waals surface area contributed by atoms with Gasteiger partial charge in [0, 0.05) is 43.7 Å². The van der Waals surface area contributed by atoms with E-state index in [4.69, 9.17) is 0 Å². The van der Waals surface area contributed by atoms with Gasteiger partial charge in [0.15, 0.2) is 0 Å². The number of aryl methyl sites for hydroxylation is 1. The Hall–Kier alpha value is -1.88. The Morgan fingerprint density at radius 1 is 1.12 bits per heavy atom. The molecule has 1 aromatic rings. The van der Waals surface area contributed by atoms with Crippen molar-refractivity contribution < 1.29 is 9.59 Å². The number of para-hydroxylation sites is 1. The van der Waals surface area contributed by atoms with E-state index in [9.17, 15) is 9.59 Å². The molecule has 0 aliphatic carbocycles. The largest absolute Gasteiger partial charge is 0.335 e. The number of fused-ring (bicyclic) bond motifs is 3. The average molecular weight is 327 g/mol. The summed E-state index contributed by atoms with van der Waals surface area (Å²) < 4.78 is 0. The maximum Gasteiger partial charge on any atom is 0.227 e. The second-order valence-electron chi connectivity index (χ2n) is 7.10. The number of hydrogen-bond acceptors (Lipinski definition) is 3. The molecule has 2 bridgehead atoms. The summed E-state index contributed by atoms with van der Waals surface area (Å²) in [6.45, 7) is 2.41. The summed E-state index contributed by atoms with van der Waals surface area (Å²) in [5.74, 6) is 0.351. The first-order valence-corrected chi connectivity index (χ1v) is 9.14. The van der Waals surface area contributed by atoms with Crippen molar-refractivity contribution in [1.82, 2.24) is 10.2 Å². The standard InChI is InChI=1S/C19H25N3O2/c23-18-8-5-14-3-1-2-4-17(14)21(18)12-10-19(24)22-15-6-7-16(22)13-20-11-9-15/h1-4,15-16,20H,5-13H2. The quantitative estimate of drug-likeness (QED) is 0.919. The molecular formula is C19H25N3O2. The summed E-state index contributed by atoms with van der Waals surface area (Å²) in [5, 5.41) is 3.43. The van der Waals surface area contributed by atoms with Gasteiger partial charge in [-0.1, -0.05) is 18.2 Å². The number of carbonyl (C=O) groups excluding carboxylic acids is 2. The average Bonchev–Trinajstić information content (AvgIpc) is 2.86. The van der Waals surface area contributed by atoms with Gasteiger partial charge in [0.2, 0.25) is 11.8 Å². The molecule has 3 aliphatic heterocycles. The number of carbonyl (C=O) groups is 2. The van der Waals surface area contributed by atoms with Crippen molar-refractivity contribution in [2.24, 2.45) is 0 Å². The highest BCUT2D eigenvalue weighted by Crippen LogP contribution is 2.30. The molecule has 128 valence electrons. The van der Waals surface area contributed by atoms with Crippen LogP contribution in [-0.4, -0.2) is 48.4 Å². The fourth-order valence-corrected chi connectivity index (χ4v) is 4.47. The van der Waals surface area contributed by atoms with E-state index in [2.05, 4.69) is 16.3 Å². The van der Waals surface area contributed by atoms with Crippen LogP contribution in [-0.2, 0) is 16.0 Å². The highest BCUT2D eigenvalue weighted by molar-refractivity contribution is 5.97. The number of nitrogens with one attached hydrogen (secondary N) is 1. The molecule has 5 heteroatoms. The lowest BCUT2D eigenvalue weighted by Crippen LogP contribution is -2.44. The van der Waals surface area contributed by atoms with E-state index in [1.165, 1.54) is 5.56 Å². The zero-order valence-corrected chi connectivity index (χ0v) is 14.0. The lowest BCUT2D eigenvalue weighted by atomic mass is 10.0. The normalized spacial score (nSPS) is 26.2. The molecule has 3 heterocycles. The summed E-state index contributed by atoms with van der Waals surface area (Å²) in [5.41, 5.74) is 2.20. The molecule has 1 N–H and O–H groups in total. The maximum atomic E-state index is 12.8. The van der Waals surface area contributed by atoms with E-state index in [1.54, 1.807) is 0 Å². The minimum absolute atomic E-state index is 0.141. The minimum Gasteiger partial charge on any atom is -0.335 e. The third-order valence-electron chi connectivity index (χ3n) is 5.68. The Morgan fingerprint density at radius 2 is 1.96 bits per heavy atom. The molecule has 3 aliphatic rings. The molecule has 2 unspecified atom stereocenters. The van der Waals surface area contributed by atoms with Crippen LogP contribution in [0, 0.1) is 0 Å². The molecule has 5 nitrogen and oxygen atoms in total. The monoisotopic (exact) mass is 327 g/mol. The van der Waals surface area contributed by atoms with Gasteiger partial charge >= 0.3 is 0 Å². The molecule has 2 atom stereocenters. The molecule has 2 saturated heterocycles. The number of amides is 2. The summed E-state index contributed by atoms with van der Waals surface area (Å²) in [6.07, 6.45) is 5.06. The lowest BCUT2D eigenvalue weighted by Gasteiger charge is -2.32. The molecule has 0 spiro atoms.